The van der Waals surface area contributed by atoms with Crippen LogP contribution >= 0.6 is 0 Å². The van der Waals surface area contributed by atoms with Crippen LogP contribution in [0.2, 0.25) is 0 Å². The molecule has 3 amide bonds. The maximum absolute atomic E-state index is 11.0. The number of sulfonamides is 1. The van der Waals surface area contributed by atoms with E-state index in [0.717, 1.165) is 0 Å². The summed E-state index contributed by atoms with van der Waals surface area (Å²) in [5.74, 6) is -2.57. The van der Waals surface area contributed by atoms with Crippen molar-refractivity contribution in [1.82, 2.24) is 10.6 Å². The molecule has 0 saturated heterocycles. The lowest BCUT2D eigenvalue weighted by Crippen LogP contribution is -2.43. The predicted octanol–water partition coefficient (Wildman–Crippen LogP) is -2.80. The Kier molecular flexibility index (Phi) is 6.85. The minimum Gasteiger partial charge on any atom is -0.480 e. The van der Waals surface area contributed by atoms with Gasteiger partial charge in [-0.1, -0.05) is 0 Å². The van der Waals surface area contributed by atoms with Crippen molar-refractivity contribution in [1.29, 1.82) is 0 Å². The molecule has 0 radical (unpaired) electrons. The summed E-state index contributed by atoms with van der Waals surface area (Å²) in [6, 6.07) is -0.928. The first-order valence-electron chi connectivity index (χ1n) is 4.58. The Morgan fingerprint density at radius 2 is 1.83 bits per heavy atom. The number of imide groups is 1. The number of nitrogens with two attached hydrogens (primary N) is 1. The van der Waals surface area contributed by atoms with E-state index >= 15 is 0 Å². The molecule has 0 aromatic carbocycles. The quantitative estimate of drug-likeness (QED) is 0.391. The molecule has 0 rings (SSSR count). The van der Waals surface area contributed by atoms with E-state index in [1.165, 1.54) is 0 Å². The third-order valence-corrected chi connectivity index (χ3v) is 2.16. The number of carbonyl (C=O) groups is 3. The summed E-state index contributed by atoms with van der Waals surface area (Å²) in [6.07, 6.45) is 0. The van der Waals surface area contributed by atoms with Crippen LogP contribution in [0.25, 0.3) is 0 Å². The molecule has 0 unspecified atom stereocenters. The van der Waals surface area contributed by atoms with Gasteiger partial charge in [0.25, 0.3) is 5.91 Å². The number of amides is 3. The van der Waals surface area contributed by atoms with E-state index in [1.807, 2.05) is 0 Å². The smallest absolute Gasteiger partial charge is 0.329 e. The zero-order chi connectivity index (χ0) is 14.2. The van der Waals surface area contributed by atoms with E-state index in [1.54, 1.807) is 5.32 Å². The van der Waals surface area contributed by atoms with Gasteiger partial charge in [-0.2, -0.15) is 0 Å². The van der Waals surface area contributed by atoms with E-state index in [0.29, 0.717) is 0 Å². The van der Waals surface area contributed by atoms with Crippen molar-refractivity contribution < 1.29 is 32.6 Å². The Morgan fingerprint density at radius 1 is 1.22 bits per heavy atom. The van der Waals surface area contributed by atoms with Crippen LogP contribution < -0.4 is 15.8 Å². The van der Waals surface area contributed by atoms with Crippen molar-refractivity contribution in [2.75, 3.05) is 25.5 Å². The molecule has 0 aliphatic carbocycles. The van der Waals surface area contributed by atoms with E-state index in [-0.39, 0.29) is 6.54 Å². The van der Waals surface area contributed by atoms with E-state index in [9.17, 15) is 22.8 Å². The topological polar surface area (TPSA) is 165 Å². The highest BCUT2D eigenvalue weighted by Gasteiger charge is 2.09. The minimum absolute atomic E-state index is 0.256. The van der Waals surface area contributed by atoms with Crippen molar-refractivity contribution in [2.45, 2.75) is 0 Å². The normalized spacial score (nSPS) is 10.7. The van der Waals surface area contributed by atoms with Crippen LogP contribution in [0.5, 0.6) is 0 Å². The molecule has 0 aromatic rings. The summed E-state index contributed by atoms with van der Waals surface area (Å²) in [4.78, 5) is 32.0. The molecule has 5 N–H and O–H groups in total. The molecule has 0 bridgehead atoms. The SMILES string of the molecule is NS(=O)(=O)CCNC(=O)NC(=O)COCC(=O)O. The van der Waals surface area contributed by atoms with Gasteiger partial charge in [0.15, 0.2) is 0 Å². The number of ether oxygens (including phenoxy) is 1. The standard InChI is InChI=1S/C7H13N3O7S/c8-18(15,16)2-1-9-7(14)10-5(11)3-17-4-6(12)13/h1-4H2,(H,12,13)(H2,8,15,16)(H2,9,10,11,14). The third kappa shape index (κ3) is 10.8. The molecule has 0 aromatic heterocycles. The van der Waals surface area contributed by atoms with Crippen molar-refractivity contribution in [3.8, 4) is 0 Å². The first-order chi connectivity index (χ1) is 8.20. The first kappa shape index (κ1) is 16.3. The van der Waals surface area contributed by atoms with Crippen molar-refractivity contribution in [2.24, 2.45) is 5.14 Å². The molecule has 0 aliphatic heterocycles. The molecule has 11 heteroatoms. The molecular weight excluding hydrogens is 270 g/mol. The number of carboxylic acid groups (broad SMARTS) is 1. The number of carbonyl (C=O) groups excluding carboxylic acids is 2. The second-order valence-corrected chi connectivity index (χ2v) is 4.79. The summed E-state index contributed by atoms with van der Waals surface area (Å²) in [7, 11) is -3.69. The van der Waals surface area contributed by atoms with Gasteiger partial charge < -0.3 is 15.2 Å². The zero-order valence-corrected chi connectivity index (χ0v) is 10.0. The van der Waals surface area contributed by atoms with E-state index in [4.69, 9.17) is 5.11 Å². The van der Waals surface area contributed by atoms with Gasteiger partial charge in [0.1, 0.15) is 13.2 Å². The van der Waals surface area contributed by atoms with Crippen LogP contribution in [0.4, 0.5) is 4.79 Å². The number of urea groups is 1. The number of hydrogen-bond donors (Lipinski definition) is 4. The maximum Gasteiger partial charge on any atom is 0.329 e. The lowest BCUT2D eigenvalue weighted by molar-refractivity contribution is -0.143. The van der Waals surface area contributed by atoms with Crippen LogP contribution in [0, 0.1) is 0 Å². The molecule has 18 heavy (non-hydrogen) atoms. The molecule has 0 heterocycles. The van der Waals surface area contributed by atoms with E-state index < -0.39 is 46.9 Å². The fourth-order valence-electron chi connectivity index (χ4n) is 0.745. The molecule has 104 valence electrons. The molecule has 10 nitrogen and oxygen atoms in total. The third-order valence-electron chi connectivity index (χ3n) is 1.38. The fraction of sp³-hybridized carbons (Fsp3) is 0.571. The Labute approximate surface area is 103 Å². The van der Waals surface area contributed by atoms with Gasteiger partial charge in [0, 0.05) is 6.54 Å². The summed E-state index contributed by atoms with van der Waals surface area (Å²) in [5, 5.41) is 16.7. The van der Waals surface area contributed by atoms with Gasteiger partial charge in [-0.3, -0.25) is 10.1 Å². The fourth-order valence-corrected chi connectivity index (χ4v) is 1.13. The van der Waals surface area contributed by atoms with Crippen LogP contribution in [0.15, 0.2) is 0 Å². The van der Waals surface area contributed by atoms with Crippen molar-refractivity contribution in [3.05, 3.63) is 0 Å². The van der Waals surface area contributed by atoms with Crippen molar-refractivity contribution in [3.63, 3.8) is 0 Å². The number of carboxylic acids is 1. The molecule has 0 saturated carbocycles. The molecule has 0 atom stereocenters. The molecule has 0 aliphatic rings. The molecule has 0 spiro atoms. The highest BCUT2D eigenvalue weighted by Crippen LogP contribution is 1.78. The van der Waals surface area contributed by atoms with Gasteiger partial charge in [0.05, 0.1) is 5.75 Å². The Balaban J connectivity index is 3.74. The van der Waals surface area contributed by atoms with Gasteiger partial charge >= 0.3 is 12.0 Å². The van der Waals surface area contributed by atoms with Gasteiger partial charge in [0.2, 0.25) is 10.0 Å². The monoisotopic (exact) mass is 283 g/mol. The van der Waals surface area contributed by atoms with Gasteiger partial charge in [-0.15, -0.1) is 0 Å². The maximum atomic E-state index is 11.0. The number of nitrogens with one attached hydrogen (secondary N) is 2. The Bertz CT molecular complexity index is 419. The van der Waals surface area contributed by atoms with Crippen LogP contribution in [0.3, 0.4) is 0 Å². The molecular formula is C7H13N3O7S. The second-order valence-electron chi connectivity index (χ2n) is 3.06. The summed E-state index contributed by atoms with van der Waals surface area (Å²) in [6.45, 7) is -1.52. The largest absolute Gasteiger partial charge is 0.480 e. The lowest BCUT2D eigenvalue weighted by Gasteiger charge is -2.05. The van der Waals surface area contributed by atoms with Gasteiger partial charge in [-0.05, 0) is 0 Å². The van der Waals surface area contributed by atoms with Crippen LogP contribution in [0.1, 0.15) is 0 Å². The highest BCUT2D eigenvalue weighted by molar-refractivity contribution is 7.89. The summed E-state index contributed by atoms with van der Waals surface area (Å²) in [5.41, 5.74) is 0. The number of hydrogen-bond acceptors (Lipinski definition) is 6. The van der Waals surface area contributed by atoms with Crippen LogP contribution in [-0.2, 0) is 24.3 Å². The minimum atomic E-state index is -3.69. The van der Waals surface area contributed by atoms with Crippen molar-refractivity contribution >= 4 is 27.9 Å². The average Bonchev–Trinajstić information content (AvgIpc) is 2.14. The highest BCUT2D eigenvalue weighted by atomic mass is 32.2. The van der Waals surface area contributed by atoms with Gasteiger partial charge in [-0.25, -0.2) is 23.1 Å². The Morgan fingerprint density at radius 3 is 2.33 bits per heavy atom. The number of aliphatic carboxylic acids is 1. The zero-order valence-electron chi connectivity index (χ0n) is 9.21. The first-order valence-corrected chi connectivity index (χ1v) is 6.30. The van der Waals surface area contributed by atoms with Crippen LogP contribution in [-0.4, -0.2) is 56.9 Å². The Hall–Kier alpha value is -1.72. The second kappa shape index (κ2) is 7.58. The summed E-state index contributed by atoms with van der Waals surface area (Å²) < 4.78 is 25.4. The molecule has 0 fully saturated rings. The average molecular weight is 283 g/mol. The number of primary sulfonamides is 1. The summed E-state index contributed by atoms with van der Waals surface area (Å²) >= 11 is 0. The van der Waals surface area contributed by atoms with E-state index in [2.05, 4.69) is 15.2 Å². The lowest BCUT2D eigenvalue weighted by atomic mass is 10.6. The number of rotatable bonds is 7. The predicted molar refractivity (Wildman–Crippen MR) is 58.0 cm³/mol.